The Hall–Kier alpha value is 0.790. The van der Waals surface area contributed by atoms with E-state index in [-0.39, 0.29) is 43.3 Å². The molecule has 3 unspecified atom stereocenters. The number of rotatable bonds is 3. The van der Waals surface area contributed by atoms with Crippen molar-refractivity contribution < 1.29 is 36.1 Å². The molecule has 2 nitrogen and oxygen atoms in total. The Labute approximate surface area is 101 Å². The van der Waals surface area contributed by atoms with E-state index >= 15 is 0 Å². The molecule has 0 spiro atoms. The quantitative estimate of drug-likeness (QED) is 0.759. The minimum Gasteiger partial charge on any atom is -0.393 e. The zero-order valence-electron chi connectivity index (χ0n) is 9.41. The van der Waals surface area contributed by atoms with Gasteiger partial charge >= 0.3 is 0 Å². The topological polar surface area (TPSA) is 40.5 Å². The second-order valence-electron chi connectivity index (χ2n) is 4.65. The SMILES string of the molecule is CCC(O)C(C)C(O)C(C)(C)C.[Sc]. The molecular formula is C10H22O2Sc. The smallest absolute Gasteiger partial charge is 0.0638 e. The van der Waals surface area contributed by atoms with Gasteiger partial charge in [-0.25, -0.2) is 0 Å². The molecule has 0 heterocycles. The summed E-state index contributed by atoms with van der Waals surface area (Å²) in [5, 5.41) is 19.3. The predicted molar refractivity (Wildman–Crippen MR) is 50.9 cm³/mol. The molecule has 0 amide bonds. The van der Waals surface area contributed by atoms with Crippen LogP contribution in [0.4, 0.5) is 0 Å². The fourth-order valence-corrected chi connectivity index (χ4v) is 1.37. The van der Waals surface area contributed by atoms with Gasteiger partial charge in [-0.15, -0.1) is 0 Å². The molecule has 13 heavy (non-hydrogen) atoms. The van der Waals surface area contributed by atoms with Gasteiger partial charge in [0.1, 0.15) is 0 Å². The van der Waals surface area contributed by atoms with Crippen LogP contribution < -0.4 is 0 Å². The van der Waals surface area contributed by atoms with Crippen molar-refractivity contribution in [1.29, 1.82) is 0 Å². The van der Waals surface area contributed by atoms with E-state index in [9.17, 15) is 10.2 Å². The summed E-state index contributed by atoms with van der Waals surface area (Å²) in [5.74, 6) is -0.0463. The van der Waals surface area contributed by atoms with Gasteiger partial charge in [0.15, 0.2) is 0 Å². The summed E-state index contributed by atoms with van der Waals surface area (Å²) >= 11 is 0. The molecule has 0 aromatic rings. The monoisotopic (exact) mass is 219 g/mol. The standard InChI is InChI=1S/C10H22O2.Sc/c1-6-8(11)7(2)9(12)10(3,4)5;/h7-9,11-12H,6H2,1-5H3;. The average Bonchev–Trinajstić information content (AvgIpc) is 1.98. The molecule has 0 aliphatic heterocycles. The maximum atomic E-state index is 9.80. The van der Waals surface area contributed by atoms with Crippen molar-refractivity contribution in [2.45, 2.75) is 53.2 Å². The zero-order chi connectivity index (χ0) is 9.94. The van der Waals surface area contributed by atoms with Gasteiger partial charge in [-0.05, 0) is 11.8 Å². The zero-order valence-corrected chi connectivity index (χ0v) is 11.2. The van der Waals surface area contributed by atoms with E-state index < -0.39 is 6.10 Å². The Morgan fingerprint density at radius 1 is 1.15 bits per heavy atom. The summed E-state index contributed by atoms with van der Waals surface area (Å²) in [7, 11) is 0. The van der Waals surface area contributed by atoms with E-state index in [2.05, 4.69) is 0 Å². The van der Waals surface area contributed by atoms with E-state index in [1.807, 2.05) is 34.6 Å². The van der Waals surface area contributed by atoms with Gasteiger partial charge in [0, 0.05) is 31.8 Å². The van der Waals surface area contributed by atoms with Crippen LogP contribution in [0.3, 0.4) is 0 Å². The number of aliphatic hydroxyl groups is 2. The maximum absolute atomic E-state index is 9.80. The summed E-state index contributed by atoms with van der Waals surface area (Å²) in [6.07, 6.45) is -0.124. The fourth-order valence-electron chi connectivity index (χ4n) is 1.37. The fraction of sp³-hybridized carbons (Fsp3) is 1.00. The summed E-state index contributed by atoms with van der Waals surface area (Å²) in [5.41, 5.74) is -0.143. The van der Waals surface area contributed by atoms with Crippen LogP contribution in [0.2, 0.25) is 0 Å². The van der Waals surface area contributed by atoms with Crippen LogP contribution in [0.1, 0.15) is 41.0 Å². The molecule has 0 bridgehead atoms. The molecule has 0 aliphatic carbocycles. The van der Waals surface area contributed by atoms with Gasteiger partial charge < -0.3 is 10.2 Å². The van der Waals surface area contributed by atoms with Crippen molar-refractivity contribution in [3.63, 3.8) is 0 Å². The Morgan fingerprint density at radius 2 is 1.54 bits per heavy atom. The molecule has 3 heteroatoms. The van der Waals surface area contributed by atoms with Gasteiger partial charge in [0.25, 0.3) is 0 Å². The van der Waals surface area contributed by atoms with Crippen molar-refractivity contribution in [3.8, 4) is 0 Å². The molecule has 3 atom stereocenters. The van der Waals surface area contributed by atoms with Crippen LogP contribution in [0.25, 0.3) is 0 Å². The van der Waals surface area contributed by atoms with Crippen LogP contribution in [0.15, 0.2) is 0 Å². The number of hydrogen-bond acceptors (Lipinski definition) is 2. The second kappa shape index (κ2) is 6.31. The molecule has 0 aromatic heterocycles. The first-order valence-corrected chi connectivity index (χ1v) is 4.66. The Bertz CT molecular complexity index is 131. The van der Waals surface area contributed by atoms with E-state index in [4.69, 9.17) is 0 Å². The number of hydrogen-bond donors (Lipinski definition) is 2. The molecule has 0 aliphatic rings. The normalized spacial score (nSPS) is 18.7. The third-order valence-corrected chi connectivity index (χ3v) is 2.41. The maximum Gasteiger partial charge on any atom is 0.0638 e. The molecule has 0 saturated carbocycles. The van der Waals surface area contributed by atoms with E-state index in [0.29, 0.717) is 6.42 Å². The Morgan fingerprint density at radius 3 is 1.77 bits per heavy atom. The summed E-state index contributed by atoms with van der Waals surface area (Å²) < 4.78 is 0. The molecule has 77 valence electrons. The Balaban J connectivity index is 0. The second-order valence-corrected chi connectivity index (χ2v) is 4.65. The average molecular weight is 219 g/mol. The van der Waals surface area contributed by atoms with Crippen molar-refractivity contribution in [1.82, 2.24) is 0 Å². The van der Waals surface area contributed by atoms with Gasteiger partial charge in [0.2, 0.25) is 0 Å². The first-order valence-electron chi connectivity index (χ1n) is 4.66. The van der Waals surface area contributed by atoms with Gasteiger partial charge in [0.05, 0.1) is 12.2 Å². The van der Waals surface area contributed by atoms with Crippen LogP contribution in [0.5, 0.6) is 0 Å². The summed E-state index contributed by atoms with van der Waals surface area (Å²) in [6, 6.07) is 0. The third-order valence-electron chi connectivity index (χ3n) is 2.41. The van der Waals surface area contributed by atoms with Crippen molar-refractivity contribution in [2.24, 2.45) is 11.3 Å². The third kappa shape index (κ3) is 5.28. The molecular weight excluding hydrogens is 197 g/mol. The first kappa shape index (κ1) is 16.2. The largest absolute Gasteiger partial charge is 0.393 e. The first-order chi connectivity index (χ1) is 5.30. The predicted octanol–water partition coefficient (Wildman–Crippen LogP) is 1.80. The Kier molecular flexibility index (Phi) is 7.87. The molecule has 1 radical (unpaired) electrons. The molecule has 0 aromatic carbocycles. The number of aliphatic hydroxyl groups excluding tert-OH is 2. The van der Waals surface area contributed by atoms with E-state index in [1.54, 1.807) is 0 Å². The van der Waals surface area contributed by atoms with Gasteiger partial charge in [-0.1, -0.05) is 34.6 Å². The van der Waals surface area contributed by atoms with Crippen LogP contribution in [0, 0.1) is 11.3 Å². The van der Waals surface area contributed by atoms with E-state index in [0.717, 1.165) is 0 Å². The van der Waals surface area contributed by atoms with Gasteiger partial charge in [-0.2, -0.15) is 0 Å². The van der Waals surface area contributed by atoms with Crippen molar-refractivity contribution >= 4 is 0 Å². The van der Waals surface area contributed by atoms with Crippen LogP contribution in [-0.2, 0) is 25.8 Å². The minimum absolute atomic E-state index is 0. The van der Waals surface area contributed by atoms with Gasteiger partial charge in [-0.3, -0.25) is 0 Å². The molecule has 2 N–H and O–H groups in total. The van der Waals surface area contributed by atoms with E-state index in [1.165, 1.54) is 0 Å². The van der Waals surface area contributed by atoms with Crippen LogP contribution in [-0.4, -0.2) is 22.4 Å². The summed E-state index contributed by atoms with van der Waals surface area (Å²) in [4.78, 5) is 0. The molecule has 0 rings (SSSR count). The molecule has 0 fully saturated rings. The molecule has 0 saturated heterocycles. The van der Waals surface area contributed by atoms with Crippen molar-refractivity contribution in [2.75, 3.05) is 0 Å². The van der Waals surface area contributed by atoms with Crippen molar-refractivity contribution in [3.05, 3.63) is 0 Å². The van der Waals surface area contributed by atoms with Crippen LogP contribution >= 0.6 is 0 Å². The minimum atomic E-state index is -0.438. The summed E-state index contributed by atoms with van der Waals surface area (Å²) in [6.45, 7) is 9.77.